The van der Waals surface area contributed by atoms with Crippen molar-refractivity contribution in [1.82, 2.24) is 4.57 Å². The van der Waals surface area contributed by atoms with E-state index in [1.54, 1.807) is 0 Å². The minimum Gasteiger partial charge on any atom is -0.397 e. The van der Waals surface area contributed by atoms with Crippen molar-refractivity contribution in [2.75, 3.05) is 5.73 Å². The molecule has 5 aromatic rings. The van der Waals surface area contributed by atoms with E-state index in [0.29, 0.717) is 0 Å². The Morgan fingerprint density at radius 3 is 1.74 bits per heavy atom. The SMILES string of the molecule is C.Nc1c(-c2ccccc2)cccc1-n1c2ccccc2c2ccccc21. The van der Waals surface area contributed by atoms with Crippen molar-refractivity contribution < 1.29 is 0 Å². The standard InChI is InChI=1S/C24H18N2.CH4/c25-24-18(17-9-2-1-3-10-17)13-8-16-23(24)26-21-14-6-4-11-19(21)20-12-5-7-15-22(20)26;/h1-16H,25H2;1H4. The molecule has 0 atom stereocenters. The first kappa shape index (κ1) is 16.9. The largest absolute Gasteiger partial charge is 0.397 e. The van der Waals surface area contributed by atoms with E-state index in [4.69, 9.17) is 5.73 Å². The molecular formula is C25H22N2. The highest BCUT2D eigenvalue weighted by atomic mass is 15.0. The number of fused-ring (bicyclic) bond motifs is 3. The molecule has 1 heterocycles. The molecule has 0 fully saturated rings. The van der Waals surface area contributed by atoms with Gasteiger partial charge >= 0.3 is 0 Å². The first-order chi connectivity index (χ1) is 12.8. The number of hydrogen-bond donors (Lipinski definition) is 1. The van der Waals surface area contributed by atoms with Crippen LogP contribution in [0.1, 0.15) is 7.43 Å². The minimum absolute atomic E-state index is 0. The highest BCUT2D eigenvalue weighted by Crippen LogP contribution is 2.36. The molecule has 2 N–H and O–H groups in total. The van der Waals surface area contributed by atoms with Gasteiger partial charge in [0.05, 0.1) is 22.4 Å². The zero-order chi connectivity index (χ0) is 17.5. The lowest BCUT2D eigenvalue weighted by Crippen LogP contribution is -2.01. The van der Waals surface area contributed by atoms with Crippen LogP contribution in [0, 0.1) is 0 Å². The number of para-hydroxylation sites is 3. The maximum Gasteiger partial charge on any atom is 0.0698 e. The Morgan fingerprint density at radius 1 is 0.556 bits per heavy atom. The maximum atomic E-state index is 6.67. The lowest BCUT2D eigenvalue weighted by Gasteiger charge is -2.14. The Balaban J connectivity index is 0.00000180. The molecule has 0 amide bonds. The van der Waals surface area contributed by atoms with Gasteiger partial charge in [0.15, 0.2) is 0 Å². The molecule has 0 spiro atoms. The van der Waals surface area contributed by atoms with Crippen LogP contribution in [0.3, 0.4) is 0 Å². The molecule has 5 rings (SSSR count). The van der Waals surface area contributed by atoms with Crippen molar-refractivity contribution in [2.24, 2.45) is 0 Å². The van der Waals surface area contributed by atoms with Crippen LogP contribution in [0.4, 0.5) is 5.69 Å². The number of hydrogen-bond acceptors (Lipinski definition) is 1. The van der Waals surface area contributed by atoms with Crippen LogP contribution in [0.2, 0.25) is 0 Å². The Bertz CT molecular complexity index is 1180. The fourth-order valence-electron chi connectivity index (χ4n) is 3.80. The van der Waals surface area contributed by atoms with Gasteiger partial charge in [0.1, 0.15) is 0 Å². The molecule has 1 aromatic heterocycles. The van der Waals surface area contributed by atoms with Gasteiger partial charge in [-0.2, -0.15) is 0 Å². The molecule has 4 aromatic carbocycles. The smallest absolute Gasteiger partial charge is 0.0698 e. The number of anilines is 1. The lowest BCUT2D eigenvalue weighted by molar-refractivity contribution is 1.18. The van der Waals surface area contributed by atoms with Gasteiger partial charge in [-0.15, -0.1) is 0 Å². The van der Waals surface area contributed by atoms with Gasteiger partial charge in [-0.1, -0.05) is 86.3 Å². The van der Waals surface area contributed by atoms with E-state index in [-0.39, 0.29) is 7.43 Å². The van der Waals surface area contributed by atoms with Crippen LogP contribution in [-0.2, 0) is 0 Å². The zero-order valence-electron chi connectivity index (χ0n) is 14.3. The van der Waals surface area contributed by atoms with Crippen molar-refractivity contribution in [3.8, 4) is 16.8 Å². The second-order valence-electron chi connectivity index (χ2n) is 6.47. The Labute approximate surface area is 159 Å². The molecule has 0 saturated heterocycles. The van der Waals surface area contributed by atoms with Gasteiger partial charge in [-0.25, -0.2) is 0 Å². The molecule has 0 unspecified atom stereocenters. The second kappa shape index (κ2) is 6.65. The molecule has 2 heteroatoms. The third kappa shape index (κ3) is 2.58. The van der Waals surface area contributed by atoms with E-state index >= 15 is 0 Å². The van der Waals surface area contributed by atoms with Gasteiger partial charge in [-0.3, -0.25) is 0 Å². The quantitative estimate of drug-likeness (QED) is 0.354. The lowest BCUT2D eigenvalue weighted by atomic mass is 10.0. The molecule has 0 aliphatic carbocycles. The topological polar surface area (TPSA) is 30.9 Å². The van der Waals surface area contributed by atoms with Gasteiger partial charge in [-0.05, 0) is 23.8 Å². The highest BCUT2D eigenvalue weighted by Gasteiger charge is 2.15. The van der Waals surface area contributed by atoms with Crippen LogP contribution in [0.25, 0.3) is 38.6 Å². The number of nitrogens with zero attached hydrogens (tertiary/aromatic N) is 1. The van der Waals surface area contributed by atoms with Crippen molar-refractivity contribution in [2.45, 2.75) is 7.43 Å². The fraction of sp³-hybridized carbons (Fsp3) is 0.0400. The summed E-state index contributed by atoms with van der Waals surface area (Å²) < 4.78 is 2.27. The number of nitrogens with two attached hydrogens (primary N) is 1. The third-order valence-corrected chi connectivity index (χ3v) is 4.99. The Hall–Kier alpha value is -3.52. The van der Waals surface area contributed by atoms with Crippen LogP contribution in [0.5, 0.6) is 0 Å². The monoisotopic (exact) mass is 350 g/mol. The van der Waals surface area contributed by atoms with E-state index in [1.165, 1.54) is 21.8 Å². The van der Waals surface area contributed by atoms with E-state index in [2.05, 4.69) is 83.4 Å². The van der Waals surface area contributed by atoms with Crippen LogP contribution in [-0.4, -0.2) is 4.57 Å². The summed E-state index contributed by atoms with van der Waals surface area (Å²) in [6.45, 7) is 0. The summed E-state index contributed by atoms with van der Waals surface area (Å²) in [5.74, 6) is 0. The molecule has 0 bridgehead atoms. The normalized spacial score (nSPS) is 10.8. The number of nitrogen functional groups attached to an aromatic ring is 1. The molecule has 27 heavy (non-hydrogen) atoms. The van der Waals surface area contributed by atoms with Gasteiger partial charge in [0, 0.05) is 16.3 Å². The van der Waals surface area contributed by atoms with Crippen LogP contribution in [0.15, 0.2) is 97.1 Å². The van der Waals surface area contributed by atoms with Gasteiger partial charge < -0.3 is 10.3 Å². The summed E-state index contributed by atoms with van der Waals surface area (Å²) in [6, 6.07) is 33.6. The third-order valence-electron chi connectivity index (χ3n) is 4.99. The maximum absolute atomic E-state index is 6.67. The summed E-state index contributed by atoms with van der Waals surface area (Å²) in [5, 5.41) is 2.49. The van der Waals surface area contributed by atoms with Crippen molar-refractivity contribution >= 4 is 27.5 Å². The fourth-order valence-corrected chi connectivity index (χ4v) is 3.80. The molecule has 2 nitrogen and oxygen atoms in total. The van der Waals surface area contributed by atoms with E-state index < -0.39 is 0 Å². The summed E-state index contributed by atoms with van der Waals surface area (Å²) in [6.07, 6.45) is 0. The number of benzene rings is 4. The van der Waals surface area contributed by atoms with E-state index in [9.17, 15) is 0 Å². The molecule has 0 saturated carbocycles. The molecule has 0 aliphatic heterocycles. The Morgan fingerprint density at radius 2 is 1.11 bits per heavy atom. The van der Waals surface area contributed by atoms with E-state index in [0.717, 1.165) is 22.5 Å². The second-order valence-corrected chi connectivity index (χ2v) is 6.47. The average Bonchev–Trinajstić information content (AvgIpc) is 3.03. The predicted molar refractivity (Wildman–Crippen MR) is 117 cm³/mol. The van der Waals surface area contributed by atoms with Crippen molar-refractivity contribution in [3.05, 3.63) is 97.1 Å². The summed E-state index contributed by atoms with van der Waals surface area (Å²) in [7, 11) is 0. The van der Waals surface area contributed by atoms with Crippen molar-refractivity contribution in [3.63, 3.8) is 0 Å². The molecule has 0 aliphatic rings. The predicted octanol–water partition coefficient (Wildman–Crippen LogP) is 6.67. The number of aromatic nitrogens is 1. The zero-order valence-corrected chi connectivity index (χ0v) is 14.3. The molecule has 132 valence electrons. The van der Waals surface area contributed by atoms with E-state index in [1.807, 2.05) is 18.2 Å². The number of rotatable bonds is 2. The summed E-state index contributed by atoms with van der Waals surface area (Å²) >= 11 is 0. The van der Waals surface area contributed by atoms with Gasteiger partial charge in [0.25, 0.3) is 0 Å². The van der Waals surface area contributed by atoms with Crippen LogP contribution >= 0.6 is 0 Å². The first-order valence-electron chi connectivity index (χ1n) is 8.77. The first-order valence-corrected chi connectivity index (χ1v) is 8.77. The summed E-state index contributed by atoms with van der Waals surface area (Å²) in [5.41, 5.74) is 13.0. The highest BCUT2D eigenvalue weighted by molar-refractivity contribution is 6.09. The molecular weight excluding hydrogens is 328 g/mol. The average molecular weight is 350 g/mol. The van der Waals surface area contributed by atoms with Gasteiger partial charge in [0.2, 0.25) is 0 Å². The van der Waals surface area contributed by atoms with Crippen molar-refractivity contribution in [1.29, 1.82) is 0 Å². The summed E-state index contributed by atoms with van der Waals surface area (Å²) in [4.78, 5) is 0. The Kier molecular flexibility index (Phi) is 4.17. The molecule has 0 radical (unpaired) electrons. The van der Waals surface area contributed by atoms with Crippen LogP contribution < -0.4 is 5.73 Å². The minimum atomic E-state index is 0.